The van der Waals surface area contributed by atoms with Gasteiger partial charge in [0.2, 0.25) is 0 Å². The average molecular weight is 200 g/mol. The molecule has 13 heavy (non-hydrogen) atoms. The minimum Gasteiger partial charge on any atom is -0.194 e. The third-order valence-corrected chi connectivity index (χ3v) is 3.59. The van der Waals surface area contributed by atoms with E-state index in [1.807, 2.05) is 12.1 Å². The van der Waals surface area contributed by atoms with E-state index in [2.05, 4.69) is 0 Å². The molecule has 1 aliphatic carbocycles. The Hall–Kier alpha value is -0.900. The standard InChI is InChI=1S/C9H9FO2S/c10-13(11,12)9-6-5-7-3-1-2-4-8(7)9/h1-4,9H,5-6H2. The van der Waals surface area contributed by atoms with Crippen molar-refractivity contribution < 1.29 is 12.3 Å². The maximum absolute atomic E-state index is 12.7. The van der Waals surface area contributed by atoms with E-state index >= 15 is 0 Å². The highest BCUT2D eigenvalue weighted by molar-refractivity contribution is 7.86. The number of aryl methyl sites for hydroxylation is 1. The van der Waals surface area contributed by atoms with Crippen LogP contribution in [0.3, 0.4) is 0 Å². The minimum atomic E-state index is -4.42. The molecule has 70 valence electrons. The molecule has 0 saturated heterocycles. The number of fused-ring (bicyclic) bond motifs is 1. The third-order valence-electron chi connectivity index (χ3n) is 2.42. The van der Waals surface area contributed by atoms with Gasteiger partial charge in [-0.1, -0.05) is 24.3 Å². The fraction of sp³-hybridized carbons (Fsp3) is 0.333. The Morgan fingerprint density at radius 1 is 1.31 bits per heavy atom. The van der Waals surface area contributed by atoms with Gasteiger partial charge in [-0.2, -0.15) is 8.42 Å². The van der Waals surface area contributed by atoms with E-state index < -0.39 is 15.5 Å². The number of halogens is 1. The number of rotatable bonds is 1. The fourth-order valence-corrected chi connectivity index (χ4v) is 2.74. The molecular weight excluding hydrogens is 191 g/mol. The maximum Gasteiger partial charge on any atom is 0.309 e. The summed E-state index contributed by atoms with van der Waals surface area (Å²) in [6.45, 7) is 0. The SMILES string of the molecule is O=S(=O)(F)C1CCc2ccccc21. The van der Waals surface area contributed by atoms with Crippen LogP contribution in [0.1, 0.15) is 22.8 Å². The topological polar surface area (TPSA) is 34.1 Å². The lowest BCUT2D eigenvalue weighted by atomic mass is 10.1. The lowest BCUT2D eigenvalue weighted by Gasteiger charge is -2.04. The molecule has 0 spiro atoms. The molecule has 1 aromatic carbocycles. The molecule has 0 fully saturated rings. The molecule has 1 aromatic rings. The van der Waals surface area contributed by atoms with Crippen LogP contribution < -0.4 is 0 Å². The van der Waals surface area contributed by atoms with E-state index in [-0.39, 0.29) is 0 Å². The Kier molecular flexibility index (Phi) is 1.87. The van der Waals surface area contributed by atoms with Crippen LogP contribution in [0.4, 0.5) is 3.89 Å². The molecule has 2 rings (SSSR count). The molecule has 0 radical (unpaired) electrons. The summed E-state index contributed by atoms with van der Waals surface area (Å²) in [5.41, 5.74) is 1.58. The summed E-state index contributed by atoms with van der Waals surface area (Å²) in [6, 6.07) is 7.11. The zero-order valence-corrected chi connectivity index (χ0v) is 7.72. The Morgan fingerprint density at radius 3 is 2.69 bits per heavy atom. The van der Waals surface area contributed by atoms with Gasteiger partial charge in [0.15, 0.2) is 0 Å². The molecule has 2 nitrogen and oxygen atoms in total. The normalized spacial score (nSPS) is 21.5. The summed E-state index contributed by atoms with van der Waals surface area (Å²) >= 11 is 0. The second kappa shape index (κ2) is 2.80. The van der Waals surface area contributed by atoms with Gasteiger partial charge in [0, 0.05) is 0 Å². The molecule has 1 aliphatic rings. The highest BCUT2D eigenvalue weighted by atomic mass is 32.3. The Balaban J connectivity index is 2.51. The quantitative estimate of drug-likeness (QED) is 0.649. The van der Waals surface area contributed by atoms with Crippen LogP contribution in [0.25, 0.3) is 0 Å². The van der Waals surface area contributed by atoms with Crippen LogP contribution in [0.15, 0.2) is 24.3 Å². The Labute approximate surface area is 76.6 Å². The molecule has 1 unspecified atom stereocenters. The Morgan fingerprint density at radius 2 is 2.00 bits per heavy atom. The van der Waals surface area contributed by atoms with E-state index in [1.54, 1.807) is 12.1 Å². The van der Waals surface area contributed by atoms with Gasteiger partial charge in [-0.25, -0.2) is 0 Å². The van der Waals surface area contributed by atoms with Crippen molar-refractivity contribution in [3.8, 4) is 0 Å². The second-order valence-electron chi connectivity index (χ2n) is 3.20. The molecule has 0 N–H and O–H groups in total. The summed E-state index contributed by atoms with van der Waals surface area (Å²) in [4.78, 5) is 0. The van der Waals surface area contributed by atoms with Crippen molar-refractivity contribution in [2.45, 2.75) is 18.1 Å². The number of benzene rings is 1. The summed E-state index contributed by atoms with van der Waals surface area (Å²) in [5, 5.41) is -0.927. The summed E-state index contributed by atoms with van der Waals surface area (Å²) in [6.07, 6.45) is 1.03. The monoisotopic (exact) mass is 200 g/mol. The van der Waals surface area contributed by atoms with E-state index in [0.717, 1.165) is 5.56 Å². The molecule has 4 heteroatoms. The van der Waals surface area contributed by atoms with Gasteiger partial charge in [-0.3, -0.25) is 0 Å². The highest BCUT2D eigenvalue weighted by Gasteiger charge is 2.32. The first-order valence-electron chi connectivity index (χ1n) is 4.10. The van der Waals surface area contributed by atoms with Gasteiger partial charge in [0.1, 0.15) is 5.25 Å². The molecule has 0 aliphatic heterocycles. The van der Waals surface area contributed by atoms with Crippen molar-refractivity contribution in [2.24, 2.45) is 0 Å². The smallest absolute Gasteiger partial charge is 0.194 e. The Bertz CT molecular complexity index is 425. The van der Waals surface area contributed by atoms with Gasteiger partial charge in [-0.05, 0) is 24.0 Å². The van der Waals surface area contributed by atoms with Crippen LogP contribution in [-0.4, -0.2) is 8.42 Å². The van der Waals surface area contributed by atoms with Crippen molar-refractivity contribution >= 4 is 10.2 Å². The molecule has 0 saturated carbocycles. The lowest BCUT2D eigenvalue weighted by Crippen LogP contribution is -2.03. The van der Waals surface area contributed by atoms with Gasteiger partial charge in [0.05, 0.1) is 0 Å². The largest absolute Gasteiger partial charge is 0.309 e. The van der Waals surface area contributed by atoms with Gasteiger partial charge in [-0.15, -0.1) is 3.89 Å². The zero-order chi connectivity index (χ0) is 9.47. The number of hydrogen-bond acceptors (Lipinski definition) is 2. The van der Waals surface area contributed by atoms with Gasteiger partial charge < -0.3 is 0 Å². The van der Waals surface area contributed by atoms with Gasteiger partial charge >= 0.3 is 10.2 Å². The molecular formula is C9H9FO2S. The first kappa shape index (κ1) is 8.69. The maximum atomic E-state index is 12.7. The summed E-state index contributed by atoms with van der Waals surface area (Å²) < 4.78 is 34.2. The van der Waals surface area contributed by atoms with E-state index in [9.17, 15) is 12.3 Å². The fourth-order valence-electron chi connectivity index (χ4n) is 1.81. The minimum absolute atomic E-state index is 0.373. The average Bonchev–Trinajstić information content (AvgIpc) is 2.45. The van der Waals surface area contributed by atoms with Gasteiger partial charge in [0.25, 0.3) is 0 Å². The van der Waals surface area contributed by atoms with Crippen LogP contribution in [0, 0.1) is 0 Å². The van der Waals surface area contributed by atoms with E-state index in [0.29, 0.717) is 18.4 Å². The van der Waals surface area contributed by atoms with Crippen LogP contribution >= 0.6 is 0 Å². The highest BCUT2D eigenvalue weighted by Crippen LogP contribution is 2.37. The molecule has 0 amide bonds. The summed E-state index contributed by atoms with van der Waals surface area (Å²) in [7, 11) is -4.42. The third kappa shape index (κ3) is 1.46. The van der Waals surface area contributed by atoms with E-state index in [1.165, 1.54) is 0 Å². The van der Waals surface area contributed by atoms with Crippen molar-refractivity contribution in [3.05, 3.63) is 35.4 Å². The lowest BCUT2D eigenvalue weighted by molar-refractivity contribution is 0.535. The van der Waals surface area contributed by atoms with E-state index in [4.69, 9.17) is 0 Å². The van der Waals surface area contributed by atoms with Crippen LogP contribution in [-0.2, 0) is 16.6 Å². The first-order chi connectivity index (χ1) is 6.09. The van der Waals surface area contributed by atoms with Crippen molar-refractivity contribution in [3.63, 3.8) is 0 Å². The first-order valence-corrected chi connectivity index (χ1v) is 5.55. The molecule has 1 atom stereocenters. The predicted molar refractivity (Wildman–Crippen MR) is 47.5 cm³/mol. The van der Waals surface area contributed by atoms with Crippen LogP contribution in [0.2, 0.25) is 0 Å². The summed E-state index contributed by atoms with van der Waals surface area (Å²) in [5.74, 6) is 0. The van der Waals surface area contributed by atoms with Crippen LogP contribution in [0.5, 0.6) is 0 Å². The van der Waals surface area contributed by atoms with Crippen molar-refractivity contribution in [1.82, 2.24) is 0 Å². The molecule has 0 bridgehead atoms. The second-order valence-corrected chi connectivity index (χ2v) is 4.72. The van der Waals surface area contributed by atoms with Crippen molar-refractivity contribution in [2.75, 3.05) is 0 Å². The predicted octanol–water partition coefficient (Wildman–Crippen LogP) is 1.97. The molecule has 0 aromatic heterocycles. The molecule has 0 heterocycles. The van der Waals surface area contributed by atoms with Crippen molar-refractivity contribution in [1.29, 1.82) is 0 Å². The zero-order valence-electron chi connectivity index (χ0n) is 6.90. The number of hydrogen-bond donors (Lipinski definition) is 0.